The largest absolute Gasteiger partial charge is 0.308 e. The summed E-state index contributed by atoms with van der Waals surface area (Å²) in [6, 6.07) is 12.5. The van der Waals surface area contributed by atoms with Crippen molar-refractivity contribution in [2.45, 2.75) is 30.6 Å². The number of hydrogen-bond donors (Lipinski definition) is 0. The lowest BCUT2D eigenvalue weighted by Crippen LogP contribution is -2.36. The van der Waals surface area contributed by atoms with Gasteiger partial charge >= 0.3 is 0 Å². The van der Waals surface area contributed by atoms with E-state index in [1.165, 1.54) is 0 Å². The molecule has 2 aliphatic rings. The number of sulfonamides is 1. The maximum atomic E-state index is 13.0. The Labute approximate surface area is 168 Å². The lowest BCUT2D eigenvalue weighted by Gasteiger charge is -2.30. The minimum atomic E-state index is -3.45. The van der Waals surface area contributed by atoms with E-state index in [-0.39, 0.29) is 5.91 Å². The summed E-state index contributed by atoms with van der Waals surface area (Å²) in [5.74, 6) is -0.0708. The first-order valence-electron chi connectivity index (χ1n) is 9.18. The van der Waals surface area contributed by atoms with E-state index in [1.54, 1.807) is 33.5 Å². The average Bonchev–Trinajstić information content (AvgIpc) is 3.22. The first kappa shape index (κ1) is 18.7. The van der Waals surface area contributed by atoms with Gasteiger partial charge in [-0.15, -0.1) is 0 Å². The third-order valence-corrected chi connectivity index (χ3v) is 7.81. The van der Waals surface area contributed by atoms with Crippen molar-refractivity contribution in [2.75, 3.05) is 24.5 Å². The molecule has 0 saturated carbocycles. The van der Waals surface area contributed by atoms with E-state index in [2.05, 4.69) is 15.9 Å². The van der Waals surface area contributed by atoms with E-state index in [4.69, 9.17) is 0 Å². The molecule has 0 radical (unpaired) electrons. The van der Waals surface area contributed by atoms with Gasteiger partial charge < -0.3 is 4.90 Å². The molecule has 2 aliphatic heterocycles. The van der Waals surface area contributed by atoms with Crippen molar-refractivity contribution in [2.24, 2.45) is 0 Å². The number of nitrogens with zero attached hydrogens (tertiary/aromatic N) is 2. The Morgan fingerprint density at radius 2 is 1.70 bits per heavy atom. The lowest BCUT2D eigenvalue weighted by molar-refractivity contribution is 0.0984. The predicted octanol–water partition coefficient (Wildman–Crippen LogP) is 3.83. The lowest BCUT2D eigenvalue weighted by atomic mass is 10.0. The van der Waals surface area contributed by atoms with E-state index < -0.39 is 10.0 Å². The molecule has 0 bridgehead atoms. The Balaban J connectivity index is 1.68. The maximum Gasteiger partial charge on any atom is 0.259 e. The first-order chi connectivity index (χ1) is 13.0. The third-order valence-electron chi connectivity index (χ3n) is 5.22. The van der Waals surface area contributed by atoms with Gasteiger partial charge in [0.2, 0.25) is 10.0 Å². The number of benzene rings is 2. The fourth-order valence-electron chi connectivity index (χ4n) is 3.80. The summed E-state index contributed by atoms with van der Waals surface area (Å²) >= 11 is 3.45. The molecule has 142 valence electrons. The van der Waals surface area contributed by atoms with Crippen molar-refractivity contribution in [1.82, 2.24) is 4.31 Å². The third kappa shape index (κ3) is 3.44. The van der Waals surface area contributed by atoms with Crippen molar-refractivity contribution in [3.8, 4) is 0 Å². The average molecular weight is 449 g/mol. The zero-order chi connectivity index (χ0) is 19.0. The van der Waals surface area contributed by atoms with Crippen LogP contribution in [0.3, 0.4) is 0 Å². The smallest absolute Gasteiger partial charge is 0.259 e. The van der Waals surface area contributed by atoms with Crippen LogP contribution in [0.15, 0.2) is 51.8 Å². The summed E-state index contributed by atoms with van der Waals surface area (Å²) in [7, 11) is -3.45. The van der Waals surface area contributed by atoms with Gasteiger partial charge in [0.1, 0.15) is 0 Å². The van der Waals surface area contributed by atoms with Gasteiger partial charge in [0.15, 0.2) is 0 Å². The Morgan fingerprint density at radius 1 is 0.963 bits per heavy atom. The van der Waals surface area contributed by atoms with Crippen LogP contribution in [0.4, 0.5) is 5.69 Å². The molecule has 27 heavy (non-hydrogen) atoms. The minimum absolute atomic E-state index is 0.0708. The number of carbonyl (C=O) groups is 1. The quantitative estimate of drug-likeness (QED) is 0.716. The van der Waals surface area contributed by atoms with Gasteiger partial charge in [0, 0.05) is 29.8 Å². The second-order valence-electron chi connectivity index (χ2n) is 6.94. The van der Waals surface area contributed by atoms with Gasteiger partial charge in [-0.3, -0.25) is 4.79 Å². The first-order valence-corrected chi connectivity index (χ1v) is 11.4. The molecule has 0 aliphatic carbocycles. The highest BCUT2D eigenvalue weighted by atomic mass is 79.9. The van der Waals surface area contributed by atoms with Crippen LogP contribution in [0.2, 0.25) is 0 Å². The molecule has 0 aromatic heterocycles. The van der Waals surface area contributed by atoms with Crippen molar-refractivity contribution < 1.29 is 13.2 Å². The topological polar surface area (TPSA) is 57.7 Å². The molecular weight excluding hydrogens is 428 g/mol. The number of amides is 1. The van der Waals surface area contributed by atoms with Crippen LogP contribution >= 0.6 is 15.9 Å². The molecule has 2 heterocycles. The molecule has 1 amide bonds. The van der Waals surface area contributed by atoms with Gasteiger partial charge in [-0.25, -0.2) is 8.42 Å². The number of hydrogen-bond acceptors (Lipinski definition) is 3. The van der Waals surface area contributed by atoms with E-state index >= 15 is 0 Å². The molecule has 0 N–H and O–H groups in total. The molecule has 5 nitrogen and oxygen atoms in total. The highest BCUT2D eigenvalue weighted by Gasteiger charge is 2.30. The Hall–Kier alpha value is -1.70. The zero-order valence-corrected chi connectivity index (χ0v) is 17.3. The molecule has 0 atom stereocenters. The molecule has 4 rings (SSSR count). The number of rotatable bonds is 3. The Bertz CT molecular complexity index is 984. The normalized spacial score (nSPS) is 17.7. The van der Waals surface area contributed by atoms with Crippen molar-refractivity contribution in [1.29, 1.82) is 0 Å². The molecule has 0 spiro atoms. The molecule has 0 unspecified atom stereocenters. The van der Waals surface area contributed by atoms with Crippen LogP contribution < -0.4 is 4.90 Å². The number of halogens is 1. The van der Waals surface area contributed by atoms with E-state index in [9.17, 15) is 13.2 Å². The Morgan fingerprint density at radius 3 is 2.44 bits per heavy atom. The summed E-state index contributed by atoms with van der Waals surface area (Å²) < 4.78 is 28.0. The number of anilines is 1. The van der Waals surface area contributed by atoms with Crippen LogP contribution in [0.1, 0.15) is 35.2 Å². The summed E-state index contributed by atoms with van der Waals surface area (Å²) in [5, 5.41) is 0. The number of fused-ring (bicyclic) bond motifs is 1. The van der Waals surface area contributed by atoms with E-state index in [0.29, 0.717) is 30.1 Å². The van der Waals surface area contributed by atoms with Gasteiger partial charge in [-0.2, -0.15) is 4.31 Å². The van der Waals surface area contributed by atoms with Crippen LogP contribution in [0, 0.1) is 0 Å². The van der Waals surface area contributed by atoms with Gasteiger partial charge in [0.05, 0.1) is 10.5 Å². The van der Waals surface area contributed by atoms with Crippen LogP contribution in [0.5, 0.6) is 0 Å². The molecule has 2 aromatic rings. The fraction of sp³-hybridized carbons (Fsp3) is 0.350. The monoisotopic (exact) mass is 448 g/mol. The molecular formula is C20H21BrN2O3S. The van der Waals surface area contributed by atoms with E-state index in [1.807, 2.05) is 18.2 Å². The molecule has 1 fully saturated rings. The van der Waals surface area contributed by atoms with Gasteiger partial charge in [0.25, 0.3) is 5.91 Å². The second-order valence-corrected chi connectivity index (χ2v) is 9.73. The summed E-state index contributed by atoms with van der Waals surface area (Å²) in [6.45, 7) is 1.81. The highest BCUT2D eigenvalue weighted by Crippen LogP contribution is 2.33. The van der Waals surface area contributed by atoms with Crippen LogP contribution in [0.25, 0.3) is 0 Å². The predicted molar refractivity (Wildman–Crippen MR) is 109 cm³/mol. The number of aryl methyl sites for hydroxylation is 1. The minimum Gasteiger partial charge on any atom is -0.308 e. The number of carbonyl (C=O) groups excluding carboxylic acids is 1. The molecule has 7 heteroatoms. The summed E-state index contributed by atoms with van der Waals surface area (Å²) in [5.41, 5.74) is 2.34. The van der Waals surface area contributed by atoms with Crippen molar-refractivity contribution in [3.63, 3.8) is 0 Å². The molecule has 2 aromatic carbocycles. The zero-order valence-electron chi connectivity index (χ0n) is 14.9. The van der Waals surface area contributed by atoms with Gasteiger partial charge in [-0.1, -0.05) is 12.1 Å². The SMILES string of the molecule is O=C(c1ccccc1Br)N1CCCc2cc(S(=O)(=O)N3CCCC3)ccc21. The summed E-state index contributed by atoms with van der Waals surface area (Å²) in [4.78, 5) is 15.1. The molecule has 1 saturated heterocycles. The fourth-order valence-corrected chi connectivity index (χ4v) is 5.83. The van der Waals surface area contributed by atoms with Crippen LogP contribution in [-0.4, -0.2) is 38.3 Å². The van der Waals surface area contributed by atoms with Crippen molar-refractivity contribution >= 4 is 37.5 Å². The van der Waals surface area contributed by atoms with Crippen LogP contribution in [-0.2, 0) is 16.4 Å². The second kappa shape index (κ2) is 7.37. The maximum absolute atomic E-state index is 13.0. The van der Waals surface area contributed by atoms with Crippen molar-refractivity contribution in [3.05, 3.63) is 58.1 Å². The Kier molecular flexibility index (Phi) is 5.09. The summed E-state index contributed by atoms with van der Waals surface area (Å²) in [6.07, 6.45) is 3.42. The van der Waals surface area contributed by atoms with Gasteiger partial charge in [-0.05, 0) is 77.5 Å². The highest BCUT2D eigenvalue weighted by molar-refractivity contribution is 9.10. The standard InChI is InChI=1S/C20H21BrN2O3S/c21-18-8-2-1-7-17(18)20(24)23-13-5-6-15-14-16(9-10-19(15)23)27(25,26)22-11-3-4-12-22/h1-2,7-10,14H,3-6,11-13H2. The van der Waals surface area contributed by atoms with E-state index in [0.717, 1.165) is 41.4 Å².